The van der Waals surface area contributed by atoms with E-state index in [0.717, 1.165) is 61.2 Å². The zero-order chi connectivity index (χ0) is 25.4. The van der Waals surface area contributed by atoms with Gasteiger partial charge >= 0.3 is 0 Å². The summed E-state index contributed by atoms with van der Waals surface area (Å²) in [5.41, 5.74) is 11.0. The van der Waals surface area contributed by atoms with E-state index in [2.05, 4.69) is 27.3 Å². The van der Waals surface area contributed by atoms with Crippen molar-refractivity contribution in [1.82, 2.24) is 15.3 Å². The van der Waals surface area contributed by atoms with Gasteiger partial charge in [0.1, 0.15) is 5.75 Å². The maximum atomic E-state index is 12.4. The first kappa shape index (κ1) is 24.0. The van der Waals surface area contributed by atoms with Crippen molar-refractivity contribution >= 4 is 45.1 Å². The second-order valence-electron chi connectivity index (χ2n) is 9.75. The Morgan fingerprint density at radius 1 is 1.14 bits per heavy atom. The number of morpholine rings is 1. The van der Waals surface area contributed by atoms with Crippen molar-refractivity contribution < 1.29 is 14.3 Å². The van der Waals surface area contributed by atoms with Gasteiger partial charge in [0.15, 0.2) is 0 Å². The fraction of sp³-hybridized carbons (Fsp3) is 0.357. The first-order chi connectivity index (χ1) is 18.1. The number of rotatable bonds is 6. The van der Waals surface area contributed by atoms with Crippen LogP contribution >= 0.6 is 11.6 Å². The number of carbonyl (C=O) groups excluding carboxylic acids is 1. The summed E-state index contributed by atoms with van der Waals surface area (Å²) in [6.07, 6.45) is 2.21. The van der Waals surface area contributed by atoms with Gasteiger partial charge in [-0.1, -0.05) is 11.6 Å². The number of anilines is 1. The summed E-state index contributed by atoms with van der Waals surface area (Å²) >= 11 is 6.61. The molecule has 0 spiro atoms. The van der Waals surface area contributed by atoms with Gasteiger partial charge in [0.05, 0.1) is 52.7 Å². The minimum Gasteiger partial charge on any atom is -0.492 e. The maximum absolute atomic E-state index is 12.4. The first-order valence-electron chi connectivity index (χ1n) is 12.8. The Morgan fingerprint density at radius 2 is 1.95 bits per heavy atom. The van der Waals surface area contributed by atoms with Crippen LogP contribution < -0.4 is 20.7 Å². The summed E-state index contributed by atoms with van der Waals surface area (Å²) in [6, 6.07) is 13.6. The van der Waals surface area contributed by atoms with Crippen LogP contribution in [0.25, 0.3) is 33.2 Å². The molecule has 4 N–H and O–H groups in total. The molecular formula is C28H30ClN5O3. The number of amides is 1. The number of pyridine rings is 1. The minimum absolute atomic E-state index is 0.395. The van der Waals surface area contributed by atoms with Gasteiger partial charge in [-0.3, -0.25) is 4.79 Å². The number of carbonyl (C=O) groups is 1. The number of primary amides is 1. The third-order valence-corrected chi connectivity index (χ3v) is 7.64. The quantitative estimate of drug-likeness (QED) is 0.350. The summed E-state index contributed by atoms with van der Waals surface area (Å²) in [6.45, 7) is 5.83. The van der Waals surface area contributed by atoms with Gasteiger partial charge in [-0.05, 0) is 74.3 Å². The molecule has 2 saturated heterocycles. The van der Waals surface area contributed by atoms with Crippen molar-refractivity contribution in [2.45, 2.75) is 12.8 Å². The fourth-order valence-electron chi connectivity index (χ4n) is 5.24. The Hall–Kier alpha value is -3.33. The van der Waals surface area contributed by atoms with Crippen molar-refractivity contribution in [3.05, 3.63) is 53.1 Å². The van der Waals surface area contributed by atoms with Crippen molar-refractivity contribution in [2.75, 3.05) is 50.9 Å². The van der Waals surface area contributed by atoms with Crippen LogP contribution in [0.1, 0.15) is 23.2 Å². The number of aromatic amines is 1. The maximum Gasteiger partial charge on any atom is 0.250 e. The predicted octanol–water partition coefficient (Wildman–Crippen LogP) is 4.35. The Balaban J connectivity index is 1.34. The van der Waals surface area contributed by atoms with Crippen molar-refractivity contribution in [2.24, 2.45) is 11.7 Å². The number of fused-ring (bicyclic) bond motifs is 3. The highest BCUT2D eigenvalue weighted by Crippen LogP contribution is 2.35. The van der Waals surface area contributed by atoms with Gasteiger partial charge < -0.3 is 30.4 Å². The summed E-state index contributed by atoms with van der Waals surface area (Å²) in [7, 11) is 0. The molecule has 2 aliphatic rings. The molecule has 2 aromatic carbocycles. The lowest BCUT2D eigenvalue weighted by molar-refractivity contribution is 0.100. The molecule has 2 fully saturated rings. The van der Waals surface area contributed by atoms with E-state index < -0.39 is 5.91 Å². The first-order valence-corrected chi connectivity index (χ1v) is 13.2. The van der Waals surface area contributed by atoms with E-state index in [4.69, 9.17) is 31.8 Å². The van der Waals surface area contributed by atoms with Gasteiger partial charge in [-0.25, -0.2) is 4.98 Å². The van der Waals surface area contributed by atoms with Crippen molar-refractivity contribution in [3.8, 4) is 17.0 Å². The van der Waals surface area contributed by atoms with Crippen LogP contribution in [0, 0.1) is 5.92 Å². The number of hydrogen-bond donors (Lipinski definition) is 3. The molecule has 0 atom stereocenters. The lowest BCUT2D eigenvalue weighted by atomic mass is 9.99. The van der Waals surface area contributed by atoms with Gasteiger partial charge in [0.25, 0.3) is 5.91 Å². The van der Waals surface area contributed by atoms with E-state index in [9.17, 15) is 4.79 Å². The molecule has 192 valence electrons. The number of halogens is 1. The molecule has 1 amide bonds. The van der Waals surface area contributed by atoms with Gasteiger partial charge in [0, 0.05) is 29.7 Å². The minimum atomic E-state index is -0.512. The van der Waals surface area contributed by atoms with E-state index in [-0.39, 0.29) is 0 Å². The second kappa shape index (κ2) is 10.2. The van der Waals surface area contributed by atoms with Gasteiger partial charge in [-0.15, -0.1) is 0 Å². The Labute approximate surface area is 220 Å². The number of nitrogens with two attached hydrogens (primary N) is 1. The highest BCUT2D eigenvalue weighted by molar-refractivity contribution is 6.32. The highest BCUT2D eigenvalue weighted by atomic mass is 35.5. The van der Waals surface area contributed by atoms with Gasteiger partial charge in [-0.2, -0.15) is 0 Å². The van der Waals surface area contributed by atoms with Crippen LogP contribution in [0.2, 0.25) is 5.02 Å². The third kappa shape index (κ3) is 4.84. The van der Waals surface area contributed by atoms with E-state index in [1.807, 2.05) is 24.3 Å². The normalized spacial score (nSPS) is 16.9. The van der Waals surface area contributed by atoms with E-state index >= 15 is 0 Å². The monoisotopic (exact) mass is 519 g/mol. The molecule has 2 aliphatic heterocycles. The molecule has 6 rings (SSSR count). The molecule has 9 heteroatoms. The molecule has 4 heterocycles. The van der Waals surface area contributed by atoms with E-state index in [0.29, 0.717) is 58.8 Å². The molecule has 0 bridgehead atoms. The number of H-pyrrole nitrogens is 1. The summed E-state index contributed by atoms with van der Waals surface area (Å²) in [5.74, 6) is 0.675. The van der Waals surface area contributed by atoms with Gasteiger partial charge in [0.2, 0.25) is 0 Å². The lowest BCUT2D eigenvalue weighted by Crippen LogP contribution is -2.36. The molecule has 2 aromatic heterocycles. The highest BCUT2D eigenvalue weighted by Gasteiger charge is 2.19. The van der Waals surface area contributed by atoms with Crippen molar-refractivity contribution in [3.63, 3.8) is 0 Å². The number of nitrogens with one attached hydrogen (secondary N) is 2. The molecule has 37 heavy (non-hydrogen) atoms. The van der Waals surface area contributed by atoms with Crippen LogP contribution in [0.3, 0.4) is 0 Å². The molecule has 0 aliphatic carbocycles. The topological polar surface area (TPSA) is 106 Å². The van der Waals surface area contributed by atoms with Crippen LogP contribution in [0.4, 0.5) is 5.69 Å². The Morgan fingerprint density at radius 3 is 2.70 bits per heavy atom. The Bertz CT molecular complexity index is 1460. The fourth-order valence-corrected chi connectivity index (χ4v) is 5.47. The molecule has 0 saturated carbocycles. The van der Waals surface area contributed by atoms with Crippen LogP contribution in [0.15, 0.2) is 42.5 Å². The molecule has 4 aromatic rings. The lowest BCUT2D eigenvalue weighted by Gasteiger charge is -2.28. The zero-order valence-electron chi connectivity index (χ0n) is 20.6. The predicted molar refractivity (Wildman–Crippen MR) is 147 cm³/mol. The molecular weight excluding hydrogens is 490 g/mol. The summed E-state index contributed by atoms with van der Waals surface area (Å²) in [5, 5.41) is 4.82. The Kier molecular flexibility index (Phi) is 6.63. The zero-order valence-corrected chi connectivity index (χ0v) is 21.3. The SMILES string of the molecule is NC(=O)c1cc(-c2ccc(OCC3CCNCC3)c(Cl)c2)nc2c1[nH]c1cc(N3CCOCC3)ccc12. The van der Waals surface area contributed by atoms with E-state index in [1.165, 1.54) is 0 Å². The van der Waals surface area contributed by atoms with Crippen LogP contribution in [0.5, 0.6) is 5.75 Å². The molecule has 0 radical (unpaired) electrons. The average molecular weight is 520 g/mol. The summed E-state index contributed by atoms with van der Waals surface area (Å²) in [4.78, 5) is 23.1. The number of aromatic nitrogens is 2. The van der Waals surface area contributed by atoms with E-state index in [1.54, 1.807) is 6.07 Å². The number of hydrogen-bond acceptors (Lipinski definition) is 6. The van der Waals surface area contributed by atoms with Crippen molar-refractivity contribution in [1.29, 1.82) is 0 Å². The summed E-state index contributed by atoms with van der Waals surface area (Å²) < 4.78 is 11.5. The third-order valence-electron chi connectivity index (χ3n) is 7.34. The molecule has 0 unspecified atom stereocenters. The number of piperidine rings is 1. The smallest absolute Gasteiger partial charge is 0.250 e. The number of ether oxygens (including phenoxy) is 2. The average Bonchev–Trinajstić information content (AvgIpc) is 3.30. The molecule has 8 nitrogen and oxygen atoms in total. The van der Waals surface area contributed by atoms with Crippen LogP contribution in [-0.2, 0) is 4.74 Å². The van der Waals surface area contributed by atoms with Crippen LogP contribution in [-0.4, -0.2) is 61.9 Å². The standard InChI is InChI=1S/C28H30ClN5O3/c29-22-13-18(1-4-25(22)37-16-17-5-7-31-8-6-17)23-15-21(28(30)35)27-26(32-23)20-3-2-19(14-24(20)33-27)34-9-11-36-12-10-34/h1-4,13-15,17,31,33H,5-12,16H2,(H2,30,35). The second-order valence-corrected chi connectivity index (χ2v) is 10.2. The number of nitrogens with zero attached hydrogens (tertiary/aromatic N) is 2. The number of benzene rings is 2. The largest absolute Gasteiger partial charge is 0.492 e.